The monoisotopic (exact) mass is 399 g/mol. The lowest BCUT2D eigenvalue weighted by molar-refractivity contribution is -0.147. The highest BCUT2D eigenvalue weighted by molar-refractivity contribution is 5.83. The van der Waals surface area contributed by atoms with E-state index in [1.165, 1.54) is 18.5 Å². The van der Waals surface area contributed by atoms with E-state index in [0.717, 1.165) is 63.7 Å². The standard InChI is InChI=1S/C22H33N5O2/c1-25-11-4-2-3-5-18(25)21(29)26-13-9-22(10-14-26)19-17(23-15-24-19)8-12-27(22)20(28)16-6-7-16/h15-16,18H,2-14H2,1H3,(H,23,24)/t18-/m1/s1. The van der Waals surface area contributed by atoms with Crippen LogP contribution in [0.15, 0.2) is 6.33 Å². The molecule has 0 bridgehead atoms. The van der Waals surface area contributed by atoms with Crippen LogP contribution in [0.1, 0.15) is 62.8 Å². The summed E-state index contributed by atoms with van der Waals surface area (Å²) in [6, 6.07) is 0.0167. The number of nitrogens with zero attached hydrogens (tertiary/aromatic N) is 4. The SMILES string of the molecule is CN1CCCCC[C@@H]1C(=O)N1CCC2(CC1)c1nc[nH]c1CCN2C(=O)C1CC1. The number of piperidine rings is 1. The van der Waals surface area contributed by atoms with Crippen LogP contribution in [-0.2, 0) is 21.5 Å². The molecule has 7 nitrogen and oxygen atoms in total. The van der Waals surface area contributed by atoms with Gasteiger partial charge in [0.1, 0.15) is 0 Å². The molecule has 1 aliphatic carbocycles. The fourth-order valence-electron chi connectivity index (χ4n) is 5.73. The largest absolute Gasteiger partial charge is 0.348 e. The van der Waals surface area contributed by atoms with Gasteiger partial charge >= 0.3 is 0 Å². The minimum Gasteiger partial charge on any atom is -0.348 e. The molecule has 2 saturated heterocycles. The van der Waals surface area contributed by atoms with Gasteiger partial charge in [-0.3, -0.25) is 14.5 Å². The first kappa shape index (κ1) is 19.1. The van der Waals surface area contributed by atoms with Crippen molar-refractivity contribution in [3.63, 3.8) is 0 Å². The molecule has 3 aliphatic heterocycles. The van der Waals surface area contributed by atoms with Crippen molar-refractivity contribution in [2.45, 2.75) is 69.4 Å². The third kappa shape index (κ3) is 3.27. The predicted octanol–water partition coefficient (Wildman–Crippen LogP) is 1.90. The topological polar surface area (TPSA) is 72.5 Å². The molecular weight excluding hydrogens is 366 g/mol. The molecule has 3 fully saturated rings. The highest BCUT2D eigenvalue weighted by atomic mass is 16.2. The minimum atomic E-state index is -0.334. The van der Waals surface area contributed by atoms with Gasteiger partial charge in [-0.1, -0.05) is 12.8 Å². The van der Waals surface area contributed by atoms with Crippen LogP contribution in [0.2, 0.25) is 0 Å². The summed E-state index contributed by atoms with van der Waals surface area (Å²) in [7, 11) is 2.09. The van der Waals surface area contributed by atoms with Gasteiger partial charge in [0, 0.05) is 37.7 Å². The number of aromatic nitrogens is 2. The van der Waals surface area contributed by atoms with Crippen LogP contribution in [0.4, 0.5) is 0 Å². The number of hydrogen-bond acceptors (Lipinski definition) is 4. The number of hydrogen-bond donors (Lipinski definition) is 1. The van der Waals surface area contributed by atoms with Gasteiger partial charge in [-0.2, -0.15) is 0 Å². The summed E-state index contributed by atoms with van der Waals surface area (Å²) in [4.78, 5) is 40.8. The number of likely N-dealkylation sites (tertiary alicyclic amines) is 2. The lowest BCUT2D eigenvalue weighted by Gasteiger charge is -2.51. The lowest BCUT2D eigenvalue weighted by atomic mass is 9.78. The number of carbonyl (C=O) groups excluding carboxylic acids is 2. The minimum absolute atomic E-state index is 0.0167. The van der Waals surface area contributed by atoms with Crippen molar-refractivity contribution < 1.29 is 9.59 Å². The van der Waals surface area contributed by atoms with Gasteiger partial charge < -0.3 is 14.8 Å². The van der Waals surface area contributed by atoms with Crippen molar-refractivity contribution in [3.05, 3.63) is 17.7 Å². The third-order valence-corrected chi connectivity index (χ3v) is 7.66. The maximum Gasteiger partial charge on any atom is 0.239 e. The Hall–Kier alpha value is -1.89. The number of nitrogens with one attached hydrogen (secondary N) is 1. The van der Waals surface area contributed by atoms with Gasteiger partial charge in [-0.25, -0.2) is 4.98 Å². The van der Waals surface area contributed by atoms with E-state index in [0.29, 0.717) is 19.0 Å². The van der Waals surface area contributed by atoms with E-state index < -0.39 is 0 Å². The molecule has 0 unspecified atom stereocenters. The number of fused-ring (bicyclic) bond motifs is 2. The van der Waals surface area contributed by atoms with E-state index in [1.54, 1.807) is 6.33 Å². The molecule has 4 heterocycles. The molecule has 5 rings (SSSR count). The van der Waals surface area contributed by atoms with Crippen LogP contribution in [0.25, 0.3) is 0 Å². The molecule has 7 heteroatoms. The molecule has 0 radical (unpaired) electrons. The van der Waals surface area contributed by atoms with Crippen LogP contribution in [0, 0.1) is 5.92 Å². The molecule has 4 aliphatic rings. The summed E-state index contributed by atoms with van der Waals surface area (Å²) in [5.41, 5.74) is 1.89. The zero-order valence-electron chi connectivity index (χ0n) is 17.5. The first-order valence-corrected chi connectivity index (χ1v) is 11.4. The molecule has 1 N–H and O–H groups in total. The van der Waals surface area contributed by atoms with E-state index >= 15 is 0 Å². The van der Waals surface area contributed by atoms with Crippen molar-refractivity contribution in [1.29, 1.82) is 0 Å². The second-order valence-corrected chi connectivity index (χ2v) is 9.45. The van der Waals surface area contributed by atoms with Crippen LogP contribution >= 0.6 is 0 Å². The summed E-state index contributed by atoms with van der Waals surface area (Å²) < 4.78 is 0. The molecule has 1 aromatic heterocycles. The van der Waals surface area contributed by atoms with Gasteiger partial charge in [0.15, 0.2) is 0 Å². The second kappa shape index (κ2) is 7.42. The van der Waals surface area contributed by atoms with E-state index in [-0.39, 0.29) is 23.4 Å². The Bertz CT molecular complexity index is 778. The van der Waals surface area contributed by atoms with Crippen molar-refractivity contribution in [3.8, 4) is 0 Å². The number of carbonyl (C=O) groups is 2. The molecule has 1 aromatic rings. The first-order valence-electron chi connectivity index (χ1n) is 11.4. The highest BCUT2D eigenvalue weighted by Gasteiger charge is 2.51. The van der Waals surface area contributed by atoms with Gasteiger partial charge in [0.05, 0.1) is 23.6 Å². The van der Waals surface area contributed by atoms with Gasteiger partial charge in [0.2, 0.25) is 11.8 Å². The van der Waals surface area contributed by atoms with Crippen LogP contribution in [-0.4, -0.2) is 75.8 Å². The Morgan fingerprint density at radius 2 is 1.83 bits per heavy atom. The predicted molar refractivity (Wildman–Crippen MR) is 109 cm³/mol. The molecule has 158 valence electrons. The Morgan fingerprint density at radius 1 is 1.03 bits per heavy atom. The fourth-order valence-corrected chi connectivity index (χ4v) is 5.73. The highest BCUT2D eigenvalue weighted by Crippen LogP contribution is 2.45. The smallest absolute Gasteiger partial charge is 0.239 e. The number of imidazole rings is 1. The summed E-state index contributed by atoms with van der Waals surface area (Å²) in [5.74, 6) is 0.802. The van der Waals surface area contributed by atoms with E-state index in [9.17, 15) is 9.59 Å². The zero-order chi connectivity index (χ0) is 20.0. The summed E-state index contributed by atoms with van der Waals surface area (Å²) >= 11 is 0. The van der Waals surface area contributed by atoms with Crippen molar-refractivity contribution in [1.82, 2.24) is 24.7 Å². The molecule has 1 atom stereocenters. The maximum atomic E-state index is 13.3. The van der Waals surface area contributed by atoms with E-state index in [4.69, 9.17) is 0 Å². The van der Waals surface area contributed by atoms with Crippen molar-refractivity contribution in [2.24, 2.45) is 5.92 Å². The summed E-state index contributed by atoms with van der Waals surface area (Å²) in [6.07, 6.45) is 10.8. The van der Waals surface area contributed by atoms with Crippen LogP contribution in [0.3, 0.4) is 0 Å². The number of likely N-dealkylation sites (N-methyl/N-ethyl adjacent to an activating group) is 1. The Kier molecular flexibility index (Phi) is 4.88. The van der Waals surface area contributed by atoms with Crippen LogP contribution < -0.4 is 0 Å². The normalized spacial score (nSPS) is 27.6. The van der Waals surface area contributed by atoms with Crippen molar-refractivity contribution >= 4 is 11.8 Å². The average Bonchev–Trinajstić information content (AvgIpc) is 3.51. The van der Waals surface area contributed by atoms with E-state index in [2.05, 4.69) is 31.7 Å². The van der Waals surface area contributed by atoms with Crippen molar-refractivity contribution in [2.75, 3.05) is 33.2 Å². The molecule has 29 heavy (non-hydrogen) atoms. The number of amides is 2. The maximum absolute atomic E-state index is 13.3. The summed E-state index contributed by atoms with van der Waals surface area (Å²) in [6.45, 7) is 3.20. The molecule has 1 spiro atoms. The lowest BCUT2D eigenvalue weighted by Crippen LogP contribution is -2.60. The quantitative estimate of drug-likeness (QED) is 0.824. The Morgan fingerprint density at radius 3 is 2.59 bits per heavy atom. The molecule has 1 saturated carbocycles. The van der Waals surface area contributed by atoms with Gasteiger partial charge in [-0.05, 0) is 52.1 Å². The Balaban J connectivity index is 1.35. The van der Waals surface area contributed by atoms with E-state index in [1.807, 2.05) is 0 Å². The van der Waals surface area contributed by atoms with Gasteiger partial charge in [-0.15, -0.1) is 0 Å². The number of H-pyrrole nitrogens is 1. The average molecular weight is 400 g/mol. The second-order valence-electron chi connectivity index (χ2n) is 9.45. The number of rotatable bonds is 2. The van der Waals surface area contributed by atoms with Crippen LogP contribution in [0.5, 0.6) is 0 Å². The summed E-state index contributed by atoms with van der Waals surface area (Å²) in [5, 5.41) is 0. The molecule has 2 amide bonds. The fraction of sp³-hybridized carbons (Fsp3) is 0.773. The molecular formula is C22H33N5O2. The first-order chi connectivity index (χ1) is 14.1. The molecule has 0 aromatic carbocycles. The third-order valence-electron chi connectivity index (χ3n) is 7.66. The Labute approximate surface area is 172 Å². The zero-order valence-corrected chi connectivity index (χ0v) is 17.5. The van der Waals surface area contributed by atoms with Gasteiger partial charge in [0.25, 0.3) is 0 Å². The number of aromatic amines is 1.